The van der Waals surface area contributed by atoms with E-state index in [1.54, 1.807) is 7.11 Å². The number of hydrogen-bond acceptors (Lipinski definition) is 3. The van der Waals surface area contributed by atoms with E-state index in [1.165, 1.54) is 11.1 Å². The molecule has 0 spiro atoms. The average molecular weight is 246 g/mol. The highest BCUT2D eigenvalue weighted by atomic mass is 16.5. The highest BCUT2D eigenvalue weighted by Gasteiger charge is 2.24. The fourth-order valence-electron chi connectivity index (χ4n) is 1.90. The molecule has 1 rings (SSSR count). The molecule has 0 saturated heterocycles. The number of ether oxygens (including phenoxy) is 1. The van der Waals surface area contributed by atoms with Crippen molar-refractivity contribution in [2.24, 2.45) is 0 Å². The van der Waals surface area contributed by atoms with Crippen molar-refractivity contribution in [3.63, 3.8) is 0 Å². The van der Waals surface area contributed by atoms with Crippen LogP contribution in [0.4, 0.5) is 0 Å². The van der Waals surface area contributed by atoms with Crippen molar-refractivity contribution in [2.75, 3.05) is 13.7 Å². The Bertz CT molecular complexity index is 446. The summed E-state index contributed by atoms with van der Waals surface area (Å²) in [6.45, 7) is 8.98. The van der Waals surface area contributed by atoms with Crippen molar-refractivity contribution in [3.05, 3.63) is 29.3 Å². The highest BCUT2D eigenvalue weighted by molar-refractivity contribution is 5.42. The Kier molecular flexibility index (Phi) is 4.75. The molecule has 0 aliphatic heterocycles. The first-order chi connectivity index (χ1) is 8.40. The van der Waals surface area contributed by atoms with E-state index in [-0.39, 0.29) is 11.5 Å². The Labute approximate surface area is 110 Å². The molecule has 0 bridgehead atoms. The number of rotatable bonds is 5. The first kappa shape index (κ1) is 14.5. The van der Waals surface area contributed by atoms with Crippen LogP contribution in [0.3, 0.4) is 0 Å². The van der Waals surface area contributed by atoms with Crippen LogP contribution in [0.25, 0.3) is 0 Å². The van der Waals surface area contributed by atoms with Gasteiger partial charge in [0.25, 0.3) is 0 Å². The fraction of sp³-hybridized carbons (Fsp3) is 0.533. The summed E-state index contributed by atoms with van der Waals surface area (Å²) in [6, 6.07) is 8.24. The molecule has 1 N–H and O–H groups in total. The number of methoxy groups -OCH3 is 1. The average Bonchev–Trinajstić information content (AvgIpc) is 2.36. The maximum atomic E-state index is 8.81. The molecule has 1 aromatic carbocycles. The first-order valence-corrected chi connectivity index (χ1v) is 6.19. The Morgan fingerprint density at radius 3 is 2.67 bits per heavy atom. The molecule has 98 valence electrons. The second kappa shape index (κ2) is 5.88. The van der Waals surface area contributed by atoms with E-state index in [9.17, 15) is 0 Å². The number of aryl methyl sites for hydroxylation is 1. The van der Waals surface area contributed by atoms with Gasteiger partial charge in [-0.1, -0.05) is 31.5 Å². The van der Waals surface area contributed by atoms with E-state index in [4.69, 9.17) is 10.00 Å². The van der Waals surface area contributed by atoms with Gasteiger partial charge in [0.1, 0.15) is 5.75 Å². The molecular weight excluding hydrogens is 224 g/mol. The Balaban J connectivity index is 2.96. The zero-order chi connectivity index (χ0) is 13.8. The third-order valence-electron chi connectivity index (χ3n) is 3.13. The highest BCUT2D eigenvalue weighted by Crippen LogP contribution is 2.32. The summed E-state index contributed by atoms with van der Waals surface area (Å²) in [5, 5.41) is 12.0. The molecule has 0 aromatic heterocycles. The van der Waals surface area contributed by atoms with Crippen molar-refractivity contribution >= 4 is 0 Å². The van der Waals surface area contributed by atoms with Crippen LogP contribution in [0, 0.1) is 18.3 Å². The maximum Gasteiger partial charge on any atom is 0.122 e. The van der Waals surface area contributed by atoms with Crippen LogP contribution in [-0.2, 0) is 5.41 Å². The van der Waals surface area contributed by atoms with E-state index in [0.717, 1.165) is 12.3 Å². The third kappa shape index (κ3) is 3.48. The van der Waals surface area contributed by atoms with Crippen LogP contribution in [0.1, 0.15) is 31.9 Å². The summed E-state index contributed by atoms with van der Waals surface area (Å²) in [5.74, 6) is 0.900. The molecule has 1 unspecified atom stereocenters. The van der Waals surface area contributed by atoms with Crippen LogP contribution in [0.2, 0.25) is 0 Å². The minimum atomic E-state index is -0.139. The molecule has 0 saturated carbocycles. The molecule has 0 radical (unpaired) electrons. The Morgan fingerprint density at radius 2 is 2.11 bits per heavy atom. The largest absolute Gasteiger partial charge is 0.496 e. The van der Waals surface area contributed by atoms with Crippen molar-refractivity contribution < 1.29 is 4.74 Å². The predicted molar refractivity (Wildman–Crippen MR) is 73.8 cm³/mol. The Morgan fingerprint density at radius 1 is 1.44 bits per heavy atom. The van der Waals surface area contributed by atoms with Gasteiger partial charge in [-0.05, 0) is 19.9 Å². The van der Waals surface area contributed by atoms with Crippen LogP contribution in [0.15, 0.2) is 18.2 Å². The number of nitrogens with zero attached hydrogens (tertiary/aromatic N) is 1. The van der Waals surface area contributed by atoms with Gasteiger partial charge < -0.3 is 10.1 Å². The van der Waals surface area contributed by atoms with Crippen LogP contribution >= 0.6 is 0 Å². The molecule has 18 heavy (non-hydrogen) atoms. The molecular formula is C15H22N2O. The van der Waals surface area contributed by atoms with E-state index >= 15 is 0 Å². The smallest absolute Gasteiger partial charge is 0.122 e. The molecule has 1 aromatic rings. The summed E-state index contributed by atoms with van der Waals surface area (Å²) in [7, 11) is 1.69. The van der Waals surface area contributed by atoms with Crippen molar-refractivity contribution in [3.8, 4) is 11.8 Å². The number of nitrogens with one attached hydrogen (secondary N) is 1. The minimum absolute atomic E-state index is 0.0809. The van der Waals surface area contributed by atoms with E-state index in [1.807, 2.05) is 19.1 Å². The van der Waals surface area contributed by atoms with Crippen LogP contribution in [0.5, 0.6) is 5.75 Å². The third-order valence-corrected chi connectivity index (χ3v) is 3.13. The zero-order valence-electron chi connectivity index (χ0n) is 11.9. The molecule has 0 fully saturated rings. The van der Waals surface area contributed by atoms with Gasteiger partial charge in [-0.2, -0.15) is 5.26 Å². The topological polar surface area (TPSA) is 45.0 Å². The summed E-state index contributed by atoms with van der Waals surface area (Å²) >= 11 is 0. The van der Waals surface area contributed by atoms with Gasteiger partial charge in [0.2, 0.25) is 0 Å². The van der Waals surface area contributed by atoms with Gasteiger partial charge >= 0.3 is 0 Å². The molecule has 3 heteroatoms. The molecule has 0 heterocycles. The quantitative estimate of drug-likeness (QED) is 0.869. The number of hydrogen-bond donors (Lipinski definition) is 1. The van der Waals surface area contributed by atoms with Crippen LogP contribution in [-0.4, -0.2) is 19.7 Å². The summed E-state index contributed by atoms with van der Waals surface area (Å²) in [6.07, 6.45) is 0. The van der Waals surface area contributed by atoms with Gasteiger partial charge in [-0.3, -0.25) is 0 Å². The van der Waals surface area contributed by atoms with Gasteiger partial charge in [-0.25, -0.2) is 0 Å². The lowest BCUT2D eigenvalue weighted by Crippen LogP contribution is -2.37. The van der Waals surface area contributed by atoms with Crippen molar-refractivity contribution in [1.29, 1.82) is 5.26 Å². The molecule has 0 amide bonds. The number of benzene rings is 1. The van der Waals surface area contributed by atoms with E-state index < -0.39 is 0 Å². The van der Waals surface area contributed by atoms with Crippen molar-refractivity contribution in [2.45, 2.75) is 39.2 Å². The molecule has 1 atom stereocenters. The van der Waals surface area contributed by atoms with Gasteiger partial charge in [0.05, 0.1) is 19.2 Å². The van der Waals surface area contributed by atoms with Crippen LogP contribution < -0.4 is 10.1 Å². The molecule has 0 aliphatic rings. The van der Waals surface area contributed by atoms with Gasteiger partial charge in [-0.15, -0.1) is 0 Å². The maximum absolute atomic E-state index is 8.81. The summed E-state index contributed by atoms with van der Waals surface area (Å²) in [4.78, 5) is 0. The second-order valence-corrected chi connectivity index (χ2v) is 5.32. The SMILES string of the molecule is COc1ccc(C)cc1C(C)(C)CNC(C)C#N. The Hall–Kier alpha value is -1.53. The first-order valence-electron chi connectivity index (χ1n) is 6.19. The van der Waals surface area contributed by atoms with E-state index in [0.29, 0.717) is 0 Å². The molecule has 3 nitrogen and oxygen atoms in total. The lowest BCUT2D eigenvalue weighted by atomic mass is 9.83. The normalized spacial score (nSPS) is 12.9. The van der Waals surface area contributed by atoms with Crippen molar-refractivity contribution in [1.82, 2.24) is 5.32 Å². The minimum Gasteiger partial charge on any atom is -0.496 e. The van der Waals surface area contributed by atoms with E-state index in [2.05, 4.69) is 38.2 Å². The molecule has 0 aliphatic carbocycles. The fourth-order valence-corrected chi connectivity index (χ4v) is 1.90. The summed E-state index contributed by atoms with van der Waals surface area (Å²) in [5.41, 5.74) is 2.30. The zero-order valence-corrected chi connectivity index (χ0v) is 11.9. The predicted octanol–water partition coefficient (Wildman–Crippen LogP) is 2.78. The lowest BCUT2D eigenvalue weighted by Gasteiger charge is -2.28. The second-order valence-electron chi connectivity index (χ2n) is 5.32. The standard InChI is InChI=1S/C15H22N2O/c1-11-6-7-14(18-5)13(8-11)15(3,4)10-17-12(2)9-16/h6-8,12,17H,10H2,1-5H3. The summed E-state index contributed by atoms with van der Waals surface area (Å²) < 4.78 is 5.43. The van der Waals surface area contributed by atoms with Gasteiger partial charge in [0.15, 0.2) is 0 Å². The van der Waals surface area contributed by atoms with Gasteiger partial charge in [0, 0.05) is 17.5 Å². The lowest BCUT2D eigenvalue weighted by molar-refractivity contribution is 0.383. The number of nitriles is 1. The monoisotopic (exact) mass is 246 g/mol.